The predicted octanol–water partition coefficient (Wildman–Crippen LogP) is 5.20. The maximum absolute atomic E-state index is 14.4. The molecule has 2 aromatic heterocycles. The highest BCUT2D eigenvalue weighted by Gasteiger charge is 2.40. The zero-order chi connectivity index (χ0) is 23.1. The average molecular weight is 565 g/mol. The highest BCUT2D eigenvalue weighted by Crippen LogP contribution is 2.37. The van der Waals surface area contributed by atoms with Crippen LogP contribution in [0.2, 0.25) is 0 Å². The summed E-state index contributed by atoms with van der Waals surface area (Å²) in [6.07, 6.45) is 3.80. The van der Waals surface area contributed by atoms with Crippen LogP contribution in [-0.2, 0) is 3.68 Å². The Balaban J connectivity index is 1.64. The van der Waals surface area contributed by atoms with Crippen LogP contribution in [0.3, 0.4) is 0 Å². The van der Waals surface area contributed by atoms with Gasteiger partial charge in [0.15, 0.2) is 5.82 Å². The summed E-state index contributed by atoms with van der Waals surface area (Å²) in [5, 5.41) is 6.07. The highest BCUT2D eigenvalue weighted by atomic mass is 127. The quantitative estimate of drug-likeness (QED) is 0.283. The molecule has 0 aliphatic heterocycles. The van der Waals surface area contributed by atoms with Crippen molar-refractivity contribution in [1.82, 2.24) is 24.9 Å². The number of halogens is 5. The molecule has 2 aliphatic carbocycles. The van der Waals surface area contributed by atoms with E-state index >= 15 is 0 Å². The molecule has 2 fully saturated rings. The molecule has 0 aromatic carbocycles. The lowest BCUT2D eigenvalue weighted by Crippen LogP contribution is -2.24. The van der Waals surface area contributed by atoms with Crippen molar-refractivity contribution >= 4 is 34.5 Å². The summed E-state index contributed by atoms with van der Waals surface area (Å²) >= 11 is 1.61. The fourth-order valence-electron chi connectivity index (χ4n) is 4.06. The van der Waals surface area contributed by atoms with E-state index in [0.29, 0.717) is 19.3 Å². The standard InChI is InChI=1S/C20H24F4IN7/c1-18(21)5-3-11(7-18)27-16-30-15(13-9-26-10-14(29-13)19(2,22)25)31-17(32-16)28-12-4-6-20(23,24)8-12/h9-12H,3-8H2,1-2H3,(H2,27,28,30,31,32). The van der Waals surface area contributed by atoms with Crippen LogP contribution in [0.5, 0.6) is 0 Å². The number of anilines is 2. The lowest BCUT2D eigenvalue weighted by molar-refractivity contribution is 0.00851. The molecule has 2 N–H and O–H groups in total. The Morgan fingerprint density at radius 2 is 1.59 bits per heavy atom. The third-order valence-electron chi connectivity index (χ3n) is 5.70. The Labute approximate surface area is 196 Å². The topological polar surface area (TPSA) is 88.5 Å². The van der Waals surface area contributed by atoms with Crippen molar-refractivity contribution in [3.63, 3.8) is 0 Å². The summed E-state index contributed by atoms with van der Waals surface area (Å²) < 4.78 is 54.1. The van der Waals surface area contributed by atoms with Gasteiger partial charge in [0.1, 0.15) is 17.1 Å². The van der Waals surface area contributed by atoms with Crippen molar-refractivity contribution < 1.29 is 17.6 Å². The number of hydrogen-bond donors (Lipinski definition) is 2. The second-order valence-corrected chi connectivity index (χ2v) is 10.9. The molecule has 0 bridgehead atoms. The maximum Gasteiger partial charge on any atom is 0.250 e. The smallest absolute Gasteiger partial charge is 0.250 e. The van der Waals surface area contributed by atoms with Crippen molar-refractivity contribution in [3.8, 4) is 11.5 Å². The Hall–Kier alpha value is -1.86. The summed E-state index contributed by atoms with van der Waals surface area (Å²) in [7, 11) is 0. The van der Waals surface area contributed by atoms with Gasteiger partial charge >= 0.3 is 0 Å². The van der Waals surface area contributed by atoms with E-state index in [4.69, 9.17) is 0 Å². The predicted molar refractivity (Wildman–Crippen MR) is 120 cm³/mol. The monoisotopic (exact) mass is 565 g/mol. The lowest BCUT2D eigenvalue weighted by atomic mass is 10.1. The summed E-state index contributed by atoms with van der Waals surface area (Å²) in [5.74, 6) is -2.33. The van der Waals surface area contributed by atoms with Crippen LogP contribution >= 0.6 is 22.6 Å². The van der Waals surface area contributed by atoms with E-state index in [9.17, 15) is 17.6 Å². The van der Waals surface area contributed by atoms with Crippen LogP contribution in [-0.4, -0.2) is 48.6 Å². The molecule has 2 saturated carbocycles. The summed E-state index contributed by atoms with van der Waals surface area (Å²) in [6.45, 7) is 2.91. The Morgan fingerprint density at radius 3 is 2.12 bits per heavy atom. The van der Waals surface area contributed by atoms with Gasteiger partial charge in [-0.2, -0.15) is 15.0 Å². The van der Waals surface area contributed by atoms with E-state index in [2.05, 4.69) is 35.6 Å². The van der Waals surface area contributed by atoms with Gasteiger partial charge in [0.2, 0.25) is 21.5 Å². The summed E-state index contributed by atoms with van der Waals surface area (Å²) in [4.78, 5) is 21.3. The van der Waals surface area contributed by atoms with Gasteiger partial charge in [-0.05, 0) is 55.7 Å². The summed E-state index contributed by atoms with van der Waals surface area (Å²) in [6, 6.07) is -0.667. The van der Waals surface area contributed by atoms with Crippen LogP contribution in [0.25, 0.3) is 11.5 Å². The van der Waals surface area contributed by atoms with Crippen molar-refractivity contribution in [2.45, 2.75) is 79.7 Å². The number of nitrogens with one attached hydrogen (secondary N) is 2. The highest BCUT2D eigenvalue weighted by molar-refractivity contribution is 14.1. The molecule has 0 radical (unpaired) electrons. The van der Waals surface area contributed by atoms with Crippen LogP contribution in [0.1, 0.15) is 58.1 Å². The van der Waals surface area contributed by atoms with Gasteiger partial charge in [-0.15, -0.1) is 0 Å². The Morgan fingerprint density at radius 1 is 0.969 bits per heavy atom. The summed E-state index contributed by atoms with van der Waals surface area (Å²) in [5.41, 5.74) is -0.954. The Bertz CT molecular complexity index is 936. The van der Waals surface area contributed by atoms with E-state index in [1.54, 1.807) is 29.5 Å². The largest absolute Gasteiger partial charge is 0.351 e. The molecule has 4 rings (SSSR count). The SMILES string of the molecule is CC1(F)CCC(Nc2nc(NC3CCC(F)(F)C3)nc(-c3cncc(C(C)(F)I)n3)n2)C1. The number of rotatable bonds is 6. The van der Waals surface area contributed by atoms with E-state index in [-0.39, 0.29) is 54.4 Å². The molecule has 0 amide bonds. The van der Waals surface area contributed by atoms with E-state index < -0.39 is 21.3 Å². The molecular formula is C20H24F4IN7. The van der Waals surface area contributed by atoms with Gasteiger partial charge in [-0.25, -0.2) is 22.5 Å². The van der Waals surface area contributed by atoms with Gasteiger partial charge in [0, 0.05) is 31.3 Å². The molecule has 2 aromatic rings. The zero-order valence-corrected chi connectivity index (χ0v) is 19.8. The van der Waals surface area contributed by atoms with Crippen LogP contribution in [0.4, 0.5) is 29.5 Å². The number of alkyl halides is 5. The number of hydrogen-bond acceptors (Lipinski definition) is 7. The third-order valence-corrected chi connectivity index (χ3v) is 6.26. The lowest BCUT2D eigenvalue weighted by Gasteiger charge is -2.17. The van der Waals surface area contributed by atoms with Crippen LogP contribution in [0.15, 0.2) is 12.4 Å². The second-order valence-electron chi connectivity index (χ2n) is 8.92. The fraction of sp³-hybridized carbons (Fsp3) is 0.650. The van der Waals surface area contributed by atoms with E-state index in [1.807, 2.05) is 0 Å². The molecule has 4 atom stereocenters. The normalized spacial score (nSPS) is 29.0. The molecular weight excluding hydrogens is 541 g/mol. The van der Waals surface area contributed by atoms with Crippen molar-refractivity contribution in [3.05, 3.63) is 18.1 Å². The van der Waals surface area contributed by atoms with E-state index in [0.717, 1.165) is 0 Å². The molecule has 2 aliphatic rings. The minimum Gasteiger partial charge on any atom is -0.351 e. The first-order chi connectivity index (χ1) is 14.9. The van der Waals surface area contributed by atoms with Gasteiger partial charge < -0.3 is 10.6 Å². The first kappa shape index (κ1) is 23.3. The second kappa shape index (κ2) is 8.49. The minimum atomic E-state index is -2.73. The zero-order valence-electron chi connectivity index (χ0n) is 17.7. The minimum absolute atomic E-state index is 0.0967. The van der Waals surface area contributed by atoms with Gasteiger partial charge in [0.25, 0.3) is 0 Å². The van der Waals surface area contributed by atoms with Crippen LogP contribution < -0.4 is 10.6 Å². The molecule has 4 unspecified atom stereocenters. The van der Waals surface area contributed by atoms with Crippen molar-refractivity contribution in [2.75, 3.05) is 10.6 Å². The fourth-order valence-corrected chi connectivity index (χ4v) is 4.32. The number of nitrogens with zero attached hydrogens (tertiary/aromatic N) is 5. The molecule has 32 heavy (non-hydrogen) atoms. The van der Waals surface area contributed by atoms with Gasteiger partial charge in [0.05, 0.1) is 12.4 Å². The average Bonchev–Trinajstić information content (AvgIpc) is 3.21. The first-order valence-electron chi connectivity index (χ1n) is 10.5. The van der Waals surface area contributed by atoms with Crippen LogP contribution in [0, 0.1) is 0 Å². The Kier molecular flexibility index (Phi) is 6.18. The molecule has 0 saturated heterocycles. The van der Waals surface area contributed by atoms with Gasteiger partial charge in [-0.1, -0.05) is 0 Å². The third kappa shape index (κ3) is 5.73. The van der Waals surface area contributed by atoms with E-state index in [1.165, 1.54) is 19.3 Å². The maximum atomic E-state index is 14.4. The van der Waals surface area contributed by atoms with Gasteiger partial charge in [-0.3, -0.25) is 4.98 Å². The number of aromatic nitrogens is 5. The molecule has 2 heterocycles. The first-order valence-corrected chi connectivity index (χ1v) is 11.5. The van der Waals surface area contributed by atoms with Crippen molar-refractivity contribution in [1.29, 1.82) is 0 Å². The molecule has 7 nitrogen and oxygen atoms in total. The molecule has 12 heteroatoms. The molecule has 174 valence electrons. The molecule has 0 spiro atoms. The van der Waals surface area contributed by atoms with Crippen molar-refractivity contribution in [2.24, 2.45) is 0 Å².